The maximum Gasteiger partial charge on any atom is 0.328 e. The van der Waals surface area contributed by atoms with Crippen molar-refractivity contribution in [1.82, 2.24) is 0 Å². The Labute approximate surface area is 119 Å². The largest absolute Gasteiger partial charge is 0.478 e. The highest BCUT2D eigenvalue weighted by Gasteiger charge is 2.15. The molecule has 0 aliphatic carbocycles. The summed E-state index contributed by atoms with van der Waals surface area (Å²) in [6, 6.07) is 5.40. The van der Waals surface area contributed by atoms with Gasteiger partial charge < -0.3 is 10.4 Å². The summed E-state index contributed by atoms with van der Waals surface area (Å²) in [4.78, 5) is 22.3. The summed E-state index contributed by atoms with van der Waals surface area (Å²) in [6.07, 6.45) is 3.09. The molecule has 0 saturated carbocycles. The first-order valence-corrected chi connectivity index (χ1v) is 6.49. The average molecular weight is 275 g/mol. The van der Waals surface area contributed by atoms with Gasteiger partial charge in [-0.1, -0.05) is 26.8 Å². The van der Waals surface area contributed by atoms with Gasteiger partial charge in [0.2, 0.25) is 5.91 Å². The van der Waals surface area contributed by atoms with Crippen LogP contribution in [0, 0.1) is 12.3 Å². The van der Waals surface area contributed by atoms with Crippen molar-refractivity contribution in [3.63, 3.8) is 0 Å². The quantitative estimate of drug-likeness (QED) is 0.827. The lowest BCUT2D eigenvalue weighted by Gasteiger charge is -2.17. The van der Waals surface area contributed by atoms with Crippen molar-refractivity contribution < 1.29 is 14.7 Å². The second-order valence-corrected chi connectivity index (χ2v) is 6.03. The third kappa shape index (κ3) is 5.69. The molecular weight excluding hydrogens is 254 g/mol. The minimum Gasteiger partial charge on any atom is -0.478 e. The number of carboxylic acid groups (broad SMARTS) is 1. The van der Waals surface area contributed by atoms with Crippen molar-refractivity contribution >= 4 is 23.6 Å². The summed E-state index contributed by atoms with van der Waals surface area (Å²) in [5, 5.41) is 11.5. The van der Waals surface area contributed by atoms with E-state index in [1.807, 2.05) is 33.8 Å². The van der Waals surface area contributed by atoms with Crippen LogP contribution >= 0.6 is 0 Å². The van der Waals surface area contributed by atoms with Crippen LogP contribution in [-0.2, 0) is 9.59 Å². The lowest BCUT2D eigenvalue weighted by Crippen LogP contribution is -2.19. The van der Waals surface area contributed by atoms with Crippen LogP contribution in [0.3, 0.4) is 0 Å². The predicted octanol–water partition coefficient (Wildman–Crippen LogP) is 3.47. The van der Waals surface area contributed by atoms with Gasteiger partial charge in [0.1, 0.15) is 0 Å². The van der Waals surface area contributed by atoms with Crippen molar-refractivity contribution in [3.8, 4) is 0 Å². The lowest BCUT2D eigenvalue weighted by molar-refractivity contribution is -0.131. The summed E-state index contributed by atoms with van der Waals surface area (Å²) >= 11 is 0. The Hall–Kier alpha value is -2.10. The fourth-order valence-corrected chi connectivity index (χ4v) is 1.79. The van der Waals surface area contributed by atoms with Crippen LogP contribution in [0.2, 0.25) is 0 Å². The topological polar surface area (TPSA) is 66.4 Å². The first kappa shape index (κ1) is 16.0. The Morgan fingerprint density at radius 3 is 2.45 bits per heavy atom. The SMILES string of the molecule is Cc1cc(NC(=O)CC(C)(C)C)ccc1C=CC(=O)O. The number of anilines is 1. The summed E-state index contributed by atoms with van der Waals surface area (Å²) in [6.45, 7) is 7.91. The minimum absolute atomic E-state index is 0.0225. The molecule has 0 aromatic heterocycles. The zero-order valence-electron chi connectivity index (χ0n) is 12.4. The van der Waals surface area contributed by atoms with Crippen molar-refractivity contribution in [2.24, 2.45) is 5.41 Å². The van der Waals surface area contributed by atoms with Gasteiger partial charge in [0.15, 0.2) is 0 Å². The molecule has 20 heavy (non-hydrogen) atoms. The fourth-order valence-electron chi connectivity index (χ4n) is 1.79. The van der Waals surface area contributed by atoms with E-state index < -0.39 is 5.97 Å². The van der Waals surface area contributed by atoms with E-state index in [0.29, 0.717) is 6.42 Å². The van der Waals surface area contributed by atoms with E-state index >= 15 is 0 Å². The van der Waals surface area contributed by atoms with E-state index in [-0.39, 0.29) is 11.3 Å². The number of carboxylic acids is 1. The number of aryl methyl sites for hydroxylation is 1. The normalized spacial score (nSPS) is 11.6. The first-order valence-electron chi connectivity index (χ1n) is 6.49. The standard InChI is InChI=1S/C16H21NO3/c1-11-9-13(17-14(18)10-16(2,3)4)7-5-12(11)6-8-15(19)20/h5-9H,10H2,1-4H3,(H,17,18)(H,19,20). The highest BCUT2D eigenvalue weighted by Crippen LogP contribution is 2.21. The molecule has 0 saturated heterocycles. The molecular formula is C16H21NO3. The summed E-state index contributed by atoms with van der Waals surface area (Å²) in [7, 11) is 0. The molecule has 0 unspecified atom stereocenters. The molecule has 0 bridgehead atoms. The Bertz CT molecular complexity index is 539. The number of carbonyl (C=O) groups is 2. The maximum atomic E-state index is 11.8. The number of carbonyl (C=O) groups excluding carboxylic acids is 1. The van der Waals surface area contributed by atoms with E-state index in [0.717, 1.165) is 22.9 Å². The van der Waals surface area contributed by atoms with E-state index in [4.69, 9.17) is 5.11 Å². The van der Waals surface area contributed by atoms with E-state index in [1.54, 1.807) is 18.2 Å². The van der Waals surface area contributed by atoms with Gasteiger partial charge in [0.05, 0.1) is 0 Å². The number of benzene rings is 1. The molecule has 0 fully saturated rings. The maximum absolute atomic E-state index is 11.8. The molecule has 1 aromatic rings. The number of nitrogens with one attached hydrogen (secondary N) is 1. The van der Waals surface area contributed by atoms with E-state index in [1.165, 1.54) is 0 Å². The molecule has 4 heteroatoms. The summed E-state index contributed by atoms with van der Waals surface area (Å²) in [5.41, 5.74) is 2.41. The number of aliphatic carboxylic acids is 1. The van der Waals surface area contributed by atoms with Crippen LogP contribution in [-0.4, -0.2) is 17.0 Å². The molecule has 1 rings (SSSR count). The zero-order valence-corrected chi connectivity index (χ0v) is 12.4. The monoisotopic (exact) mass is 275 g/mol. The smallest absolute Gasteiger partial charge is 0.328 e. The van der Waals surface area contributed by atoms with E-state index in [2.05, 4.69) is 5.32 Å². The van der Waals surface area contributed by atoms with Crippen molar-refractivity contribution in [2.75, 3.05) is 5.32 Å². The zero-order chi connectivity index (χ0) is 15.3. The molecule has 2 N–H and O–H groups in total. The molecule has 0 aliphatic heterocycles. The van der Waals surface area contributed by atoms with Crippen LogP contribution in [0.1, 0.15) is 38.3 Å². The van der Waals surface area contributed by atoms with Crippen LogP contribution in [0.25, 0.3) is 6.08 Å². The number of hydrogen-bond donors (Lipinski definition) is 2. The highest BCUT2D eigenvalue weighted by molar-refractivity contribution is 5.91. The highest BCUT2D eigenvalue weighted by atomic mass is 16.4. The Kier molecular flexibility index (Phi) is 5.08. The third-order valence-corrected chi connectivity index (χ3v) is 2.65. The molecule has 1 amide bonds. The molecule has 1 aromatic carbocycles. The number of hydrogen-bond acceptors (Lipinski definition) is 2. The van der Waals surface area contributed by atoms with Gasteiger partial charge in [-0.05, 0) is 41.7 Å². The fraction of sp³-hybridized carbons (Fsp3) is 0.375. The number of rotatable bonds is 4. The second-order valence-electron chi connectivity index (χ2n) is 6.03. The Morgan fingerprint density at radius 1 is 1.30 bits per heavy atom. The minimum atomic E-state index is -0.980. The van der Waals surface area contributed by atoms with Crippen LogP contribution in [0.4, 0.5) is 5.69 Å². The molecule has 0 spiro atoms. The van der Waals surface area contributed by atoms with Gasteiger partial charge >= 0.3 is 5.97 Å². The Balaban J connectivity index is 2.78. The molecule has 108 valence electrons. The molecule has 0 radical (unpaired) electrons. The van der Waals surface area contributed by atoms with Crippen molar-refractivity contribution in [2.45, 2.75) is 34.1 Å². The molecule has 0 aliphatic rings. The van der Waals surface area contributed by atoms with E-state index in [9.17, 15) is 9.59 Å². The van der Waals surface area contributed by atoms with Gasteiger partial charge in [-0.25, -0.2) is 4.79 Å². The average Bonchev–Trinajstić information content (AvgIpc) is 2.24. The first-order chi connectivity index (χ1) is 9.17. The van der Waals surface area contributed by atoms with Crippen molar-refractivity contribution in [1.29, 1.82) is 0 Å². The molecule has 0 heterocycles. The van der Waals surface area contributed by atoms with Gasteiger partial charge in [0.25, 0.3) is 0 Å². The van der Waals surface area contributed by atoms with Crippen LogP contribution < -0.4 is 5.32 Å². The molecule has 4 nitrogen and oxygen atoms in total. The predicted molar refractivity (Wildman–Crippen MR) is 80.6 cm³/mol. The van der Waals surface area contributed by atoms with Gasteiger partial charge in [-0.2, -0.15) is 0 Å². The molecule has 0 atom stereocenters. The summed E-state index contributed by atoms with van der Waals surface area (Å²) < 4.78 is 0. The van der Waals surface area contributed by atoms with Gasteiger partial charge in [0, 0.05) is 18.2 Å². The Morgan fingerprint density at radius 2 is 1.95 bits per heavy atom. The van der Waals surface area contributed by atoms with Gasteiger partial charge in [-0.15, -0.1) is 0 Å². The van der Waals surface area contributed by atoms with Crippen LogP contribution in [0.5, 0.6) is 0 Å². The van der Waals surface area contributed by atoms with Crippen molar-refractivity contribution in [3.05, 3.63) is 35.4 Å². The lowest BCUT2D eigenvalue weighted by atomic mass is 9.92. The van der Waals surface area contributed by atoms with Gasteiger partial charge in [-0.3, -0.25) is 4.79 Å². The third-order valence-electron chi connectivity index (χ3n) is 2.65. The van der Waals surface area contributed by atoms with Crippen LogP contribution in [0.15, 0.2) is 24.3 Å². The second kappa shape index (κ2) is 6.37. The number of amides is 1. The summed E-state index contributed by atoms with van der Waals surface area (Å²) in [5.74, 6) is -1.00.